The Bertz CT molecular complexity index is 179. The van der Waals surface area contributed by atoms with E-state index in [9.17, 15) is 0 Å². The predicted octanol–water partition coefficient (Wildman–Crippen LogP) is 1.87. The van der Waals surface area contributed by atoms with Crippen LogP contribution < -0.4 is 5.32 Å². The van der Waals surface area contributed by atoms with Crippen molar-refractivity contribution >= 4 is 0 Å². The van der Waals surface area contributed by atoms with Crippen LogP contribution in [0.5, 0.6) is 0 Å². The lowest BCUT2D eigenvalue weighted by Gasteiger charge is -2.27. The SMILES string of the molecule is CCC(COC)NCCN(C(C)C)C1CC1. The fourth-order valence-electron chi connectivity index (χ4n) is 2.19. The topological polar surface area (TPSA) is 24.5 Å². The van der Waals surface area contributed by atoms with Gasteiger partial charge in [0.25, 0.3) is 0 Å². The zero-order chi connectivity index (χ0) is 12.0. The summed E-state index contributed by atoms with van der Waals surface area (Å²) < 4.78 is 5.18. The average Bonchev–Trinajstić information content (AvgIpc) is 3.06. The number of ether oxygens (including phenoxy) is 1. The monoisotopic (exact) mass is 228 g/mol. The van der Waals surface area contributed by atoms with Crippen LogP contribution in [0.25, 0.3) is 0 Å². The first kappa shape index (κ1) is 13.9. The van der Waals surface area contributed by atoms with E-state index in [0.717, 1.165) is 25.6 Å². The smallest absolute Gasteiger partial charge is 0.0615 e. The molecule has 0 aromatic carbocycles. The zero-order valence-corrected chi connectivity index (χ0v) is 11.3. The van der Waals surface area contributed by atoms with Crippen LogP contribution in [0.1, 0.15) is 40.0 Å². The molecule has 1 rings (SSSR count). The Hall–Kier alpha value is -0.120. The van der Waals surface area contributed by atoms with E-state index >= 15 is 0 Å². The van der Waals surface area contributed by atoms with Crippen LogP contribution in [0.2, 0.25) is 0 Å². The summed E-state index contributed by atoms with van der Waals surface area (Å²) in [7, 11) is 1.77. The maximum atomic E-state index is 5.18. The number of hydrogen-bond donors (Lipinski definition) is 1. The summed E-state index contributed by atoms with van der Waals surface area (Å²) in [6.45, 7) is 9.87. The highest BCUT2D eigenvalue weighted by Crippen LogP contribution is 2.27. The van der Waals surface area contributed by atoms with Gasteiger partial charge in [0, 0.05) is 38.3 Å². The van der Waals surface area contributed by atoms with Gasteiger partial charge in [-0.15, -0.1) is 0 Å². The fraction of sp³-hybridized carbons (Fsp3) is 1.00. The molecule has 1 saturated carbocycles. The van der Waals surface area contributed by atoms with Crippen LogP contribution in [0.15, 0.2) is 0 Å². The minimum Gasteiger partial charge on any atom is -0.383 e. The molecule has 0 heterocycles. The van der Waals surface area contributed by atoms with Crippen LogP contribution in [0, 0.1) is 0 Å². The third-order valence-corrected chi connectivity index (χ3v) is 3.34. The molecule has 0 bridgehead atoms. The molecule has 0 aromatic rings. The maximum absolute atomic E-state index is 5.18. The van der Waals surface area contributed by atoms with Crippen molar-refractivity contribution in [3.8, 4) is 0 Å². The molecule has 1 fully saturated rings. The van der Waals surface area contributed by atoms with E-state index in [0.29, 0.717) is 12.1 Å². The third-order valence-electron chi connectivity index (χ3n) is 3.34. The van der Waals surface area contributed by atoms with Gasteiger partial charge >= 0.3 is 0 Å². The van der Waals surface area contributed by atoms with Gasteiger partial charge in [0.15, 0.2) is 0 Å². The van der Waals surface area contributed by atoms with Crippen molar-refractivity contribution in [3.05, 3.63) is 0 Å². The van der Waals surface area contributed by atoms with Crippen molar-refractivity contribution in [3.63, 3.8) is 0 Å². The average molecular weight is 228 g/mol. The molecular weight excluding hydrogens is 200 g/mol. The lowest BCUT2D eigenvalue weighted by atomic mass is 10.2. The minimum atomic E-state index is 0.512. The summed E-state index contributed by atoms with van der Waals surface area (Å²) in [6, 6.07) is 2.05. The summed E-state index contributed by atoms with van der Waals surface area (Å²) in [5.41, 5.74) is 0. The lowest BCUT2D eigenvalue weighted by Crippen LogP contribution is -2.42. The lowest BCUT2D eigenvalue weighted by molar-refractivity contribution is 0.157. The summed E-state index contributed by atoms with van der Waals surface area (Å²) in [6.07, 6.45) is 3.93. The first-order valence-electron chi connectivity index (χ1n) is 6.67. The van der Waals surface area contributed by atoms with Gasteiger partial charge in [-0.2, -0.15) is 0 Å². The number of rotatable bonds is 9. The second-order valence-electron chi connectivity index (χ2n) is 5.08. The third kappa shape index (κ3) is 4.81. The Morgan fingerprint density at radius 2 is 2.06 bits per heavy atom. The predicted molar refractivity (Wildman–Crippen MR) is 68.8 cm³/mol. The molecule has 3 heteroatoms. The van der Waals surface area contributed by atoms with E-state index in [-0.39, 0.29) is 0 Å². The number of nitrogens with zero attached hydrogens (tertiary/aromatic N) is 1. The minimum absolute atomic E-state index is 0.512. The van der Waals surface area contributed by atoms with Gasteiger partial charge in [-0.05, 0) is 33.1 Å². The van der Waals surface area contributed by atoms with E-state index < -0.39 is 0 Å². The van der Waals surface area contributed by atoms with E-state index in [2.05, 4.69) is 31.0 Å². The Morgan fingerprint density at radius 1 is 1.38 bits per heavy atom. The van der Waals surface area contributed by atoms with Crippen molar-refractivity contribution < 1.29 is 4.74 Å². The largest absolute Gasteiger partial charge is 0.383 e. The van der Waals surface area contributed by atoms with Gasteiger partial charge in [0.2, 0.25) is 0 Å². The highest BCUT2D eigenvalue weighted by Gasteiger charge is 2.30. The van der Waals surface area contributed by atoms with Crippen molar-refractivity contribution in [2.75, 3.05) is 26.8 Å². The Morgan fingerprint density at radius 3 is 2.50 bits per heavy atom. The molecule has 1 aliphatic rings. The van der Waals surface area contributed by atoms with Crippen LogP contribution in [0.4, 0.5) is 0 Å². The highest BCUT2D eigenvalue weighted by atomic mass is 16.5. The molecule has 1 aliphatic carbocycles. The van der Waals surface area contributed by atoms with Gasteiger partial charge in [-0.1, -0.05) is 6.92 Å². The van der Waals surface area contributed by atoms with Gasteiger partial charge in [-0.3, -0.25) is 4.90 Å². The molecule has 0 radical (unpaired) electrons. The summed E-state index contributed by atoms with van der Waals surface area (Å²) in [4.78, 5) is 2.62. The molecule has 96 valence electrons. The van der Waals surface area contributed by atoms with Crippen molar-refractivity contribution in [1.82, 2.24) is 10.2 Å². The second-order valence-corrected chi connectivity index (χ2v) is 5.08. The van der Waals surface area contributed by atoms with Crippen LogP contribution in [-0.4, -0.2) is 49.8 Å². The number of methoxy groups -OCH3 is 1. The van der Waals surface area contributed by atoms with E-state index in [4.69, 9.17) is 4.74 Å². The van der Waals surface area contributed by atoms with E-state index in [1.54, 1.807) is 7.11 Å². The highest BCUT2D eigenvalue weighted by molar-refractivity contribution is 4.86. The number of nitrogens with one attached hydrogen (secondary N) is 1. The fourth-order valence-corrected chi connectivity index (χ4v) is 2.19. The second kappa shape index (κ2) is 7.25. The van der Waals surface area contributed by atoms with Crippen molar-refractivity contribution in [2.45, 2.75) is 58.2 Å². The van der Waals surface area contributed by atoms with Gasteiger partial charge in [0.05, 0.1) is 6.61 Å². The molecule has 0 aliphatic heterocycles. The summed E-state index contributed by atoms with van der Waals surface area (Å²) >= 11 is 0. The van der Waals surface area contributed by atoms with E-state index in [1.165, 1.54) is 19.4 Å². The Labute approximate surface area is 101 Å². The first-order valence-corrected chi connectivity index (χ1v) is 6.67. The molecule has 3 nitrogen and oxygen atoms in total. The molecule has 0 spiro atoms. The molecule has 1 unspecified atom stereocenters. The van der Waals surface area contributed by atoms with Crippen molar-refractivity contribution in [1.29, 1.82) is 0 Å². The van der Waals surface area contributed by atoms with E-state index in [1.807, 2.05) is 0 Å². The molecule has 0 aromatic heterocycles. The normalized spacial score (nSPS) is 18.4. The number of hydrogen-bond acceptors (Lipinski definition) is 3. The molecular formula is C13H28N2O. The molecule has 1 atom stereocenters. The van der Waals surface area contributed by atoms with Crippen molar-refractivity contribution in [2.24, 2.45) is 0 Å². The first-order chi connectivity index (χ1) is 7.69. The molecule has 0 saturated heterocycles. The van der Waals surface area contributed by atoms with Gasteiger partial charge < -0.3 is 10.1 Å². The summed E-state index contributed by atoms with van der Waals surface area (Å²) in [5.74, 6) is 0. The van der Waals surface area contributed by atoms with Crippen LogP contribution in [-0.2, 0) is 4.74 Å². The quantitative estimate of drug-likeness (QED) is 0.652. The maximum Gasteiger partial charge on any atom is 0.0615 e. The van der Waals surface area contributed by atoms with Gasteiger partial charge in [-0.25, -0.2) is 0 Å². The Kier molecular flexibility index (Phi) is 6.32. The Balaban J connectivity index is 2.16. The standard InChI is InChI=1S/C13H28N2O/c1-5-12(10-16-4)14-8-9-15(11(2)3)13-6-7-13/h11-14H,5-10H2,1-4H3. The molecule has 0 amide bonds. The molecule has 16 heavy (non-hydrogen) atoms. The van der Waals surface area contributed by atoms with Gasteiger partial charge in [0.1, 0.15) is 0 Å². The summed E-state index contributed by atoms with van der Waals surface area (Å²) in [5, 5.41) is 3.57. The van der Waals surface area contributed by atoms with Crippen LogP contribution in [0.3, 0.4) is 0 Å². The van der Waals surface area contributed by atoms with Crippen LogP contribution >= 0.6 is 0 Å². The zero-order valence-electron chi connectivity index (χ0n) is 11.3. The molecule has 1 N–H and O–H groups in total.